The highest BCUT2D eigenvalue weighted by molar-refractivity contribution is 5.85. The van der Waals surface area contributed by atoms with Crippen molar-refractivity contribution in [1.82, 2.24) is 4.90 Å². The van der Waals surface area contributed by atoms with Gasteiger partial charge >= 0.3 is 0 Å². The third kappa shape index (κ3) is 3.36. The Balaban J connectivity index is 0.00000225. The Kier molecular flexibility index (Phi) is 6.39. The van der Waals surface area contributed by atoms with Crippen molar-refractivity contribution >= 4 is 12.4 Å². The van der Waals surface area contributed by atoms with Crippen LogP contribution in [0.25, 0.3) is 0 Å². The number of rotatable bonds is 5. The number of likely N-dealkylation sites (N-methyl/N-ethyl adjacent to an activating group) is 1. The molecule has 0 aromatic heterocycles. The molecular formula is C14H22ClN. The fourth-order valence-electron chi connectivity index (χ4n) is 1.95. The fraction of sp³-hybridized carbons (Fsp3) is 0.429. The summed E-state index contributed by atoms with van der Waals surface area (Å²) in [6.07, 6.45) is 4.18. The Bertz CT molecular complexity index is 308. The summed E-state index contributed by atoms with van der Waals surface area (Å²) < 4.78 is 0. The minimum Gasteiger partial charge on any atom is -0.300 e. The van der Waals surface area contributed by atoms with E-state index in [4.69, 9.17) is 0 Å². The highest BCUT2D eigenvalue weighted by Crippen LogP contribution is 2.23. The molecule has 0 heterocycles. The fourth-order valence-corrected chi connectivity index (χ4v) is 1.95. The maximum Gasteiger partial charge on any atom is 0.0420 e. The number of benzene rings is 1. The summed E-state index contributed by atoms with van der Waals surface area (Å²) in [5.74, 6) is 0. The summed E-state index contributed by atoms with van der Waals surface area (Å²) in [7, 11) is 4.24. The molecule has 1 aromatic carbocycles. The van der Waals surface area contributed by atoms with Crippen LogP contribution in [0.5, 0.6) is 0 Å². The van der Waals surface area contributed by atoms with E-state index >= 15 is 0 Å². The minimum atomic E-state index is 0. The van der Waals surface area contributed by atoms with Gasteiger partial charge in [-0.3, -0.25) is 4.90 Å². The Morgan fingerprint density at radius 1 is 1.25 bits per heavy atom. The minimum absolute atomic E-state index is 0. The largest absolute Gasteiger partial charge is 0.300 e. The molecule has 0 spiro atoms. The quantitative estimate of drug-likeness (QED) is 0.711. The first-order valence-electron chi connectivity index (χ1n) is 5.49. The molecule has 0 saturated carbocycles. The molecule has 1 aromatic rings. The van der Waals surface area contributed by atoms with Crippen LogP contribution in [0.15, 0.2) is 43.0 Å². The van der Waals surface area contributed by atoms with Gasteiger partial charge in [0, 0.05) is 5.54 Å². The lowest BCUT2D eigenvalue weighted by Gasteiger charge is -2.36. The van der Waals surface area contributed by atoms with Gasteiger partial charge in [-0.2, -0.15) is 0 Å². The Morgan fingerprint density at radius 2 is 1.81 bits per heavy atom. The average molecular weight is 240 g/mol. The van der Waals surface area contributed by atoms with E-state index in [1.807, 2.05) is 0 Å². The Labute approximate surface area is 106 Å². The third-order valence-corrected chi connectivity index (χ3v) is 3.24. The molecule has 0 aliphatic rings. The second kappa shape index (κ2) is 6.72. The lowest BCUT2D eigenvalue weighted by molar-refractivity contribution is 0.200. The zero-order chi connectivity index (χ0) is 11.3. The number of nitrogens with zero attached hydrogens (tertiary/aromatic N) is 1. The average Bonchev–Trinajstić information content (AvgIpc) is 2.27. The van der Waals surface area contributed by atoms with Crippen molar-refractivity contribution in [3.05, 3.63) is 48.6 Å². The first kappa shape index (κ1) is 15.2. The molecule has 0 aliphatic heterocycles. The van der Waals surface area contributed by atoms with E-state index in [9.17, 15) is 0 Å². The zero-order valence-corrected chi connectivity index (χ0v) is 11.3. The van der Waals surface area contributed by atoms with Gasteiger partial charge in [0.2, 0.25) is 0 Å². The van der Waals surface area contributed by atoms with Crippen LogP contribution in [0.2, 0.25) is 0 Å². The van der Waals surface area contributed by atoms with Gasteiger partial charge in [-0.1, -0.05) is 43.3 Å². The molecule has 0 N–H and O–H groups in total. The second-order valence-corrected chi connectivity index (χ2v) is 4.22. The summed E-state index contributed by atoms with van der Waals surface area (Å²) in [6, 6.07) is 10.6. The van der Waals surface area contributed by atoms with Gasteiger partial charge in [-0.15, -0.1) is 19.0 Å². The monoisotopic (exact) mass is 239 g/mol. The third-order valence-electron chi connectivity index (χ3n) is 3.24. The van der Waals surface area contributed by atoms with Crippen LogP contribution >= 0.6 is 12.4 Å². The molecule has 0 saturated heterocycles. The molecule has 0 bridgehead atoms. The lowest BCUT2D eigenvalue weighted by atomic mass is 9.87. The van der Waals surface area contributed by atoms with Crippen molar-refractivity contribution in [1.29, 1.82) is 0 Å². The van der Waals surface area contributed by atoms with Gasteiger partial charge in [0.05, 0.1) is 0 Å². The number of halogens is 1. The van der Waals surface area contributed by atoms with Crippen molar-refractivity contribution in [3.63, 3.8) is 0 Å². The first-order chi connectivity index (χ1) is 7.14. The first-order valence-corrected chi connectivity index (χ1v) is 5.49. The van der Waals surface area contributed by atoms with E-state index in [1.54, 1.807) is 0 Å². The Morgan fingerprint density at radius 3 is 2.19 bits per heavy atom. The summed E-state index contributed by atoms with van der Waals surface area (Å²) in [5.41, 5.74) is 1.45. The maximum absolute atomic E-state index is 3.98. The number of hydrogen-bond acceptors (Lipinski definition) is 1. The molecule has 1 nitrogen and oxygen atoms in total. The standard InChI is InChI=1S/C14H21N.ClH/c1-5-14(6-2,15(3)4)12-13-10-8-7-9-11-13;/h5,7-11H,1,6,12H2,2-4H3;1H. The smallest absolute Gasteiger partial charge is 0.0420 e. The summed E-state index contributed by atoms with van der Waals surface area (Å²) >= 11 is 0. The SMILES string of the molecule is C=CC(CC)(Cc1ccccc1)N(C)C.Cl. The van der Waals surface area contributed by atoms with E-state index in [2.05, 4.69) is 68.9 Å². The topological polar surface area (TPSA) is 3.24 Å². The highest BCUT2D eigenvalue weighted by Gasteiger charge is 2.26. The molecule has 2 heteroatoms. The van der Waals surface area contributed by atoms with E-state index in [-0.39, 0.29) is 17.9 Å². The van der Waals surface area contributed by atoms with Gasteiger partial charge in [-0.05, 0) is 32.5 Å². The van der Waals surface area contributed by atoms with Gasteiger partial charge in [0.15, 0.2) is 0 Å². The molecule has 90 valence electrons. The normalized spacial score (nSPS) is 14.0. The predicted octanol–water partition coefficient (Wildman–Crippen LogP) is 3.55. The molecule has 16 heavy (non-hydrogen) atoms. The van der Waals surface area contributed by atoms with Gasteiger partial charge in [0.25, 0.3) is 0 Å². The highest BCUT2D eigenvalue weighted by atomic mass is 35.5. The van der Waals surface area contributed by atoms with Gasteiger partial charge in [0.1, 0.15) is 0 Å². The molecule has 1 atom stereocenters. The van der Waals surface area contributed by atoms with Crippen LogP contribution in [-0.4, -0.2) is 24.5 Å². The molecule has 1 rings (SSSR count). The van der Waals surface area contributed by atoms with Crippen LogP contribution in [-0.2, 0) is 6.42 Å². The zero-order valence-electron chi connectivity index (χ0n) is 10.4. The van der Waals surface area contributed by atoms with Crippen LogP contribution in [0.3, 0.4) is 0 Å². The summed E-state index contributed by atoms with van der Waals surface area (Å²) in [4.78, 5) is 2.26. The predicted molar refractivity (Wildman–Crippen MR) is 74.3 cm³/mol. The van der Waals surface area contributed by atoms with Crippen LogP contribution in [0, 0.1) is 0 Å². The van der Waals surface area contributed by atoms with Gasteiger partial charge < -0.3 is 0 Å². The lowest BCUT2D eigenvalue weighted by Crippen LogP contribution is -2.43. The number of hydrogen-bond donors (Lipinski definition) is 0. The Hall–Kier alpha value is -0.790. The molecular weight excluding hydrogens is 218 g/mol. The molecule has 0 aliphatic carbocycles. The van der Waals surface area contributed by atoms with Crippen molar-refractivity contribution in [2.75, 3.05) is 14.1 Å². The summed E-state index contributed by atoms with van der Waals surface area (Å²) in [6.45, 7) is 6.19. The maximum atomic E-state index is 3.98. The summed E-state index contributed by atoms with van der Waals surface area (Å²) in [5, 5.41) is 0. The van der Waals surface area contributed by atoms with Crippen molar-refractivity contribution < 1.29 is 0 Å². The van der Waals surface area contributed by atoms with Crippen molar-refractivity contribution in [3.8, 4) is 0 Å². The molecule has 0 amide bonds. The van der Waals surface area contributed by atoms with Crippen LogP contribution in [0.1, 0.15) is 18.9 Å². The van der Waals surface area contributed by atoms with E-state index in [0.717, 1.165) is 12.8 Å². The van der Waals surface area contributed by atoms with E-state index < -0.39 is 0 Å². The van der Waals surface area contributed by atoms with Crippen LogP contribution < -0.4 is 0 Å². The van der Waals surface area contributed by atoms with Gasteiger partial charge in [-0.25, -0.2) is 0 Å². The van der Waals surface area contributed by atoms with Crippen molar-refractivity contribution in [2.45, 2.75) is 25.3 Å². The molecule has 0 radical (unpaired) electrons. The van der Waals surface area contributed by atoms with Crippen molar-refractivity contribution in [2.24, 2.45) is 0 Å². The van der Waals surface area contributed by atoms with Crippen LogP contribution in [0.4, 0.5) is 0 Å². The molecule has 1 unspecified atom stereocenters. The second-order valence-electron chi connectivity index (χ2n) is 4.22. The van der Waals surface area contributed by atoms with E-state index in [0.29, 0.717) is 0 Å². The molecule has 0 fully saturated rings. The van der Waals surface area contributed by atoms with E-state index in [1.165, 1.54) is 5.56 Å².